The fourth-order valence-corrected chi connectivity index (χ4v) is 7.13. The molecule has 4 aromatic carbocycles. The van der Waals surface area contributed by atoms with E-state index < -0.39 is 66.5 Å². The van der Waals surface area contributed by atoms with Crippen LogP contribution in [-0.2, 0) is 38.1 Å². The van der Waals surface area contributed by atoms with Crippen LogP contribution in [0, 0.1) is 5.92 Å². The molecule has 0 heterocycles. The van der Waals surface area contributed by atoms with Crippen molar-refractivity contribution < 1.29 is 58.6 Å². The van der Waals surface area contributed by atoms with Gasteiger partial charge in [0.15, 0.2) is 5.78 Å². The van der Waals surface area contributed by atoms with Gasteiger partial charge in [0.1, 0.15) is 36.5 Å². The number of carbonyl (C=O) groups is 6. The minimum atomic E-state index is -1.10. The van der Waals surface area contributed by atoms with Crippen LogP contribution in [0.25, 0.3) is 22.3 Å². The Morgan fingerprint density at radius 2 is 0.928 bits per heavy atom. The maximum Gasteiger partial charge on any atom is 0.407 e. The number of carbonyl (C=O) groups excluding carboxylic acids is 5. The Labute approximate surface area is 414 Å². The molecule has 4 unspecified atom stereocenters. The molecule has 378 valence electrons. The van der Waals surface area contributed by atoms with Crippen molar-refractivity contribution in [3.05, 3.63) is 119 Å². The van der Waals surface area contributed by atoms with Crippen molar-refractivity contribution in [3.63, 3.8) is 0 Å². The zero-order valence-corrected chi connectivity index (χ0v) is 41.2. The highest BCUT2D eigenvalue weighted by atomic mass is 35.5. The zero-order chi connectivity index (χ0) is 50.9. The van der Waals surface area contributed by atoms with Crippen LogP contribution in [0.2, 0.25) is 0 Å². The molecule has 0 saturated heterocycles. The summed E-state index contributed by atoms with van der Waals surface area (Å²) in [5, 5.41) is 13.7. The molecule has 4 aromatic rings. The van der Waals surface area contributed by atoms with E-state index in [1.807, 2.05) is 93.6 Å². The van der Waals surface area contributed by atoms with Crippen molar-refractivity contribution in [2.45, 2.75) is 124 Å². The molecule has 2 aliphatic carbocycles. The third-order valence-electron chi connectivity index (χ3n) is 10.3. The van der Waals surface area contributed by atoms with E-state index in [0.717, 1.165) is 44.5 Å². The average Bonchev–Trinajstić information content (AvgIpc) is 3.76. The number of alkyl carbamates (subject to hydrolysis) is 2. The summed E-state index contributed by atoms with van der Waals surface area (Å²) in [5.74, 6) is -2.81. The lowest BCUT2D eigenvalue weighted by molar-refractivity contribution is -0.160. The lowest BCUT2D eigenvalue weighted by Gasteiger charge is -2.22. The SMILES string of the molecule is C.CC(CC(=O)C(C)NC(=O)OCC1c2ccccc2-c2ccccc21)C(=O)OC(C)(C)C.CC(N)C(=O)OC(C)(C)C.CC(NC(=O)OCC1c2ccccc2-c2ccccc21)C(=O)O.Cl.[2H]CF. The number of alkyl halides is 1. The Balaban J connectivity index is 0.000000562. The van der Waals surface area contributed by atoms with E-state index in [2.05, 4.69) is 34.9 Å². The van der Waals surface area contributed by atoms with Gasteiger partial charge in [-0.25, -0.2) is 9.59 Å². The molecule has 0 radical (unpaired) electrons. The lowest BCUT2D eigenvalue weighted by atomic mass is 9.98. The third kappa shape index (κ3) is 18.3. The minimum absolute atomic E-state index is 0. The van der Waals surface area contributed by atoms with E-state index in [1.165, 1.54) is 6.92 Å². The van der Waals surface area contributed by atoms with Gasteiger partial charge in [-0.3, -0.25) is 23.6 Å². The van der Waals surface area contributed by atoms with Gasteiger partial charge in [0.2, 0.25) is 0 Å². The topological polar surface area (TPSA) is 210 Å². The smallest absolute Gasteiger partial charge is 0.407 e. The second-order valence-electron chi connectivity index (χ2n) is 18.1. The number of aliphatic carboxylic acids is 1. The predicted molar refractivity (Wildman–Crippen MR) is 268 cm³/mol. The van der Waals surface area contributed by atoms with E-state index >= 15 is 0 Å². The number of fused-ring (bicyclic) bond motifs is 6. The number of Topliss-reactive ketones (excluding diaryl/α,β-unsaturated/α-hetero) is 1. The number of nitrogens with two attached hydrogens (primary N) is 1. The van der Waals surface area contributed by atoms with Crippen LogP contribution in [0.15, 0.2) is 97.1 Å². The number of nitrogens with one attached hydrogen (secondary N) is 2. The second-order valence-corrected chi connectivity index (χ2v) is 18.1. The summed E-state index contributed by atoms with van der Waals surface area (Å²) in [4.78, 5) is 70.2. The van der Waals surface area contributed by atoms with E-state index in [1.54, 1.807) is 41.5 Å². The quantitative estimate of drug-likeness (QED) is 0.0772. The molecule has 2 amide bonds. The van der Waals surface area contributed by atoms with E-state index in [-0.39, 0.29) is 63.1 Å². The maximum absolute atomic E-state index is 12.5. The molecule has 16 heteroatoms. The van der Waals surface area contributed by atoms with Crippen LogP contribution in [0.4, 0.5) is 14.0 Å². The largest absolute Gasteiger partial charge is 0.480 e. The highest BCUT2D eigenvalue weighted by Crippen LogP contribution is 2.45. The summed E-state index contributed by atoms with van der Waals surface area (Å²) in [5.41, 5.74) is 13.3. The first-order valence-corrected chi connectivity index (χ1v) is 21.9. The number of hydrogen-bond acceptors (Lipinski definition) is 11. The molecule has 0 aromatic heterocycles. The number of rotatable bonds is 12. The van der Waals surface area contributed by atoms with Crippen LogP contribution in [0.5, 0.6) is 0 Å². The Morgan fingerprint density at radius 1 is 0.623 bits per heavy atom. The molecule has 0 bridgehead atoms. The maximum atomic E-state index is 12.5. The van der Waals surface area contributed by atoms with Crippen molar-refractivity contribution >= 4 is 48.3 Å². The summed E-state index contributed by atoms with van der Waals surface area (Å²) in [6, 6.07) is 30.0. The predicted octanol–water partition coefficient (Wildman–Crippen LogP) is 10.2. The van der Waals surface area contributed by atoms with Gasteiger partial charge in [-0.05, 0) is 107 Å². The van der Waals surface area contributed by atoms with Gasteiger partial charge >= 0.3 is 30.1 Å². The number of carboxylic acid groups (broad SMARTS) is 1. The summed E-state index contributed by atoms with van der Waals surface area (Å²) >= 11 is 0. The van der Waals surface area contributed by atoms with Crippen LogP contribution >= 0.6 is 12.4 Å². The number of carboxylic acids is 1. The molecule has 6 rings (SSSR count). The van der Waals surface area contributed by atoms with E-state index in [9.17, 15) is 33.2 Å². The Morgan fingerprint density at radius 3 is 1.22 bits per heavy atom. The molecule has 14 nitrogen and oxygen atoms in total. The van der Waals surface area contributed by atoms with Crippen LogP contribution in [0.1, 0.15) is 119 Å². The molecule has 0 aliphatic heterocycles. The van der Waals surface area contributed by atoms with Gasteiger partial charge < -0.3 is 40.4 Å². The number of hydrogen-bond donors (Lipinski definition) is 4. The van der Waals surface area contributed by atoms with Crippen LogP contribution in [-0.4, -0.2) is 90.7 Å². The monoisotopic (exact) mass is 980 g/mol. The second kappa shape index (κ2) is 27.6. The van der Waals surface area contributed by atoms with E-state index in [4.69, 9.17) is 31.2 Å². The Bertz CT molecular complexity index is 2280. The lowest BCUT2D eigenvalue weighted by Crippen LogP contribution is -2.40. The first-order valence-electron chi connectivity index (χ1n) is 22.6. The number of halogens is 2. The molecule has 2 aliphatic rings. The van der Waals surface area contributed by atoms with Gasteiger partial charge in [0.05, 0.1) is 20.5 Å². The van der Waals surface area contributed by atoms with Gasteiger partial charge in [0.25, 0.3) is 0 Å². The van der Waals surface area contributed by atoms with Gasteiger partial charge in [-0.2, -0.15) is 0 Å². The fourth-order valence-electron chi connectivity index (χ4n) is 7.13. The molecular formula is C53H71ClFN3O11. The van der Waals surface area contributed by atoms with Gasteiger partial charge in [-0.15, -0.1) is 12.4 Å². The first-order chi connectivity index (χ1) is 31.9. The highest BCUT2D eigenvalue weighted by molar-refractivity contribution is 5.90. The van der Waals surface area contributed by atoms with Crippen LogP contribution in [0.3, 0.4) is 0 Å². The summed E-state index contributed by atoms with van der Waals surface area (Å²) in [6.07, 6.45) is -1.39. The van der Waals surface area contributed by atoms with Crippen molar-refractivity contribution in [1.82, 2.24) is 10.6 Å². The average molecular weight is 982 g/mol. The summed E-state index contributed by atoms with van der Waals surface area (Å²) in [6.45, 7) is 17.4. The normalized spacial score (nSPS) is 13.8. The number of amides is 2. The summed E-state index contributed by atoms with van der Waals surface area (Å²) < 4.78 is 36.5. The summed E-state index contributed by atoms with van der Waals surface area (Å²) in [7, 11) is -1.00. The van der Waals surface area contributed by atoms with Gasteiger partial charge in [0, 0.05) is 18.3 Å². The van der Waals surface area contributed by atoms with Crippen molar-refractivity contribution in [2.24, 2.45) is 11.7 Å². The minimum Gasteiger partial charge on any atom is -0.480 e. The molecule has 69 heavy (non-hydrogen) atoms. The van der Waals surface area contributed by atoms with Gasteiger partial charge in [-0.1, -0.05) is 111 Å². The molecular weight excluding hydrogens is 909 g/mol. The fraction of sp³-hybridized carbons (Fsp3) is 0.434. The highest BCUT2D eigenvalue weighted by Gasteiger charge is 2.32. The number of esters is 2. The van der Waals surface area contributed by atoms with Crippen LogP contribution < -0.4 is 16.4 Å². The zero-order valence-electron chi connectivity index (χ0n) is 41.4. The van der Waals surface area contributed by atoms with Crippen molar-refractivity contribution in [3.8, 4) is 22.3 Å². The van der Waals surface area contributed by atoms with E-state index in [0.29, 0.717) is 0 Å². The van der Waals surface area contributed by atoms with Crippen molar-refractivity contribution in [1.29, 1.82) is 0 Å². The Kier molecular flexibility index (Phi) is 23.5. The van der Waals surface area contributed by atoms with Crippen molar-refractivity contribution in [2.75, 3.05) is 20.4 Å². The number of ether oxygens (including phenoxy) is 4. The first kappa shape index (κ1) is 58.8. The number of benzene rings is 4. The Hall–Kier alpha value is -6.32. The molecule has 0 saturated carbocycles. The molecule has 4 atom stereocenters. The molecule has 0 spiro atoms. The number of ketones is 1. The molecule has 0 fully saturated rings. The third-order valence-corrected chi connectivity index (χ3v) is 10.3. The standard InChI is InChI=1S/C26H31NO5.C18H17NO4.C7H15NO2.CH3F.CH4.ClH/c1-16(24(29)32-26(3,4)5)14-23(28)17(2)27-25(30)31-15-22-20-12-8-6-10-18(20)19-11-7-9-13-21(19)22;1-11(17(20)21)19-18(22)23-10-16-14-8-4-2-6-12(14)13-7-3-5-9-15(13)16;1-5(8)6(9)10-7(2,3)4;1-2;;/h6-13,16-17,22H,14-15H2,1-5H3,(H,27,30);2-9,11,16H,10H2,1H3,(H,19,22)(H,20,21);5H,8H2,1-4H3;1H3;1H4;1H/i;;;1D;;. The molecule has 5 N–H and O–H groups in total.